The van der Waals surface area contributed by atoms with Gasteiger partial charge in [0, 0.05) is 24.2 Å². The number of nitrogens with one attached hydrogen (secondary N) is 1. The van der Waals surface area contributed by atoms with Crippen molar-refractivity contribution in [3.63, 3.8) is 0 Å². The molecule has 1 saturated carbocycles. The van der Waals surface area contributed by atoms with E-state index in [1.54, 1.807) is 0 Å². The lowest BCUT2D eigenvalue weighted by Crippen LogP contribution is -2.40. The molecule has 2 atom stereocenters. The summed E-state index contributed by atoms with van der Waals surface area (Å²) >= 11 is 13.9. The van der Waals surface area contributed by atoms with Crippen molar-refractivity contribution in [1.29, 1.82) is 0 Å². The summed E-state index contributed by atoms with van der Waals surface area (Å²) in [4.78, 5) is 2.65. The van der Waals surface area contributed by atoms with Gasteiger partial charge < -0.3 is 5.32 Å². The highest BCUT2D eigenvalue weighted by Gasteiger charge is 2.35. The molecule has 2 fully saturated rings. The highest BCUT2D eigenvalue weighted by Crippen LogP contribution is 2.41. The second-order valence-corrected chi connectivity index (χ2v) is 8.38. The van der Waals surface area contributed by atoms with Crippen molar-refractivity contribution in [1.82, 2.24) is 10.2 Å². The lowest BCUT2D eigenvalue weighted by atomic mass is 9.97. The zero-order valence-corrected chi connectivity index (χ0v) is 14.2. The van der Waals surface area contributed by atoms with Crippen LogP contribution in [-0.2, 0) is 0 Å². The van der Waals surface area contributed by atoms with Crippen LogP contribution in [0.4, 0.5) is 0 Å². The van der Waals surface area contributed by atoms with Crippen LogP contribution in [0.3, 0.4) is 0 Å². The molecule has 3 rings (SSSR count). The van der Waals surface area contributed by atoms with Gasteiger partial charge in [0.2, 0.25) is 0 Å². The number of rotatable bonds is 5. The second-order valence-electron chi connectivity index (χ2n) is 6.10. The zero-order chi connectivity index (χ0) is 14.1. The number of halogens is 2. The van der Waals surface area contributed by atoms with Crippen molar-refractivity contribution in [2.75, 3.05) is 19.6 Å². The van der Waals surface area contributed by atoms with Gasteiger partial charge in [0.25, 0.3) is 0 Å². The first-order chi connectivity index (χ1) is 9.65. The summed E-state index contributed by atoms with van der Waals surface area (Å²) in [5.74, 6) is 0.777. The molecule has 2 unspecified atom stereocenters. The Balaban J connectivity index is 1.71. The maximum Gasteiger partial charge on any atom is 0.0991 e. The maximum atomic E-state index is 6.35. The summed E-state index contributed by atoms with van der Waals surface area (Å²) in [6.07, 6.45) is 5.32. The monoisotopic (exact) mass is 332 g/mol. The van der Waals surface area contributed by atoms with E-state index < -0.39 is 0 Å². The number of nitrogens with zero attached hydrogens (tertiary/aromatic N) is 1. The summed E-state index contributed by atoms with van der Waals surface area (Å²) in [7, 11) is 0. The molecule has 1 aromatic rings. The Kier molecular flexibility index (Phi) is 4.94. The van der Waals surface area contributed by atoms with Crippen molar-refractivity contribution in [2.24, 2.45) is 5.92 Å². The Labute approximate surface area is 135 Å². The largest absolute Gasteiger partial charge is 0.316 e. The van der Waals surface area contributed by atoms with Gasteiger partial charge in [-0.25, -0.2) is 0 Å². The van der Waals surface area contributed by atoms with Gasteiger partial charge in [-0.3, -0.25) is 4.90 Å². The molecule has 0 spiro atoms. The zero-order valence-electron chi connectivity index (χ0n) is 11.9. The molecular weight excluding hydrogens is 311 g/mol. The fourth-order valence-corrected chi connectivity index (χ4v) is 4.86. The third-order valence-corrected chi connectivity index (χ3v) is 6.03. The summed E-state index contributed by atoms with van der Waals surface area (Å²) in [5.41, 5.74) is 1.21. The van der Waals surface area contributed by atoms with Crippen LogP contribution in [-0.4, -0.2) is 30.6 Å². The standard InChI is InChI=1S/C15H22Cl2N2S/c1-10(13-7-14(16)20-15(13)17)19(12-4-5-12)9-11-3-2-6-18-8-11/h7,10-12,18H,2-6,8-9H2,1H3. The molecule has 1 aliphatic heterocycles. The van der Waals surface area contributed by atoms with Crippen LogP contribution in [0, 0.1) is 5.92 Å². The van der Waals surface area contributed by atoms with Gasteiger partial charge >= 0.3 is 0 Å². The Bertz CT molecular complexity index is 453. The highest BCUT2D eigenvalue weighted by atomic mass is 35.5. The lowest BCUT2D eigenvalue weighted by molar-refractivity contribution is 0.154. The van der Waals surface area contributed by atoms with Crippen LogP contribution in [0.5, 0.6) is 0 Å². The molecule has 0 radical (unpaired) electrons. The molecule has 112 valence electrons. The van der Waals surface area contributed by atoms with E-state index in [-0.39, 0.29) is 0 Å². The minimum Gasteiger partial charge on any atom is -0.316 e. The molecule has 0 aromatic carbocycles. The first-order valence-electron chi connectivity index (χ1n) is 7.56. The predicted octanol–water partition coefficient (Wildman–Crippen LogP) is 4.58. The average Bonchev–Trinajstić information content (AvgIpc) is 3.22. The number of hydrogen-bond acceptors (Lipinski definition) is 3. The predicted molar refractivity (Wildman–Crippen MR) is 88.1 cm³/mol. The number of thiophene rings is 1. The maximum absolute atomic E-state index is 6.35. The molecule has 5 heteroatoms. The van der Waals surface area contributed by atoms with Gasteiger partial charge in [0.05, 0.1) is 8.67 Å². The summed E-state index contributed by atoms with van der Waals surface area (Å²) in [5, 5.41) is 3.52. The van der Waals surface area contributed by atoms with Crippen LogP contribution in [0.1, 0.15) is 44.2 Å². The molecule has 2 heterocycles. The fourth-order valence-electron chi connectivity index (χ4n) is 3.22. The van der Waals surface area contributed by atoms with Gasteiger partial charge in [-0.15, -0.1) is 11.3 Å². The van der Waals surface area contributed by atoms with E-state index in [0.717, 1.165) is 27.2 Å². The van der Waals surface area contributed by atoms with Crippen molar-refractivity contribution in [3.8, 4) is 0 Å². The number of piperidine rings is 1. The van der Waals surface area contributed by atoms with Crippen molar-refractivity contribution >= 4 is 34.5 Å². The smallest absolute Gasteiger partial charge is 0.0991 e. The molecule has 1 N–H and O–H groups in total. The van der Waals surface area contributed by atoms with Crippen LogP contribution in [0.15, 0.2) is 6.07 Å². The third-order valence-electron chi connectivity index (χ3n) is 4.51. The van der Waals surface area contributed by atoms with E-state index in [1.165, 1.54) is 55.7 Å². The molecule has 0 bridgehead atoms. The van der Waals surface area contributed by atoms with E-state index in [1.807, 2.05) is 6.07 Å². The third kappa shape index (κ3) is 3.50. The van der Waals surface area contributed by atoms with E-state index in [9.17, 15) is 0 Å². The first-order valence-corrected chi connectivity index (χ1v) is 9.13. The SMILES string of the molecule is CC(c1cc(Cl)sc1Cl)N(CC1CCCNC1)C1CC1. The van der Waals surface area contributed by atoms with E-state index in [4.69, 9.17) is 23.2 Å². The van der Waals surface area contributed by atoms with E-state index in [2.05, 4.69) is 17.1 Å². The Morgan fingerprint density at radius 2 is 2.20 bits per heavy atom. The van der Waals surface area contributed by atoms with Gasteiger partial charge in [0.15, 0.2) is 0 Å². The van der Waals surface area contributed by atoms with Crippen LogP contribution in [0.25, 0.3) is 0 Å². The molecule has 1 aromatic heterocycles. The van der Waals surface area contributed by atoms with E-state index in [0.29, 0.717) is 6.04 Å². The van der Waals surface area contributed by atoms with Crippen molar-refractivity contribution in [2.45, 2.75) is 44.7 Å². The average molecular weight is 333 g/mol. The normalized spacial score (nSPS) is 25.1. The molecular formula is C15H22Cl2N2S. The van der Waals surface area contributed by atoms with E-state index >= 15 is 0 Å². The first kappa shape index (κ1) is 15.1. The topological polar surface area (TPSA) is 15.3 Å². The second kappa shape index (κ2) is 6.53. The molecule has 2 aliphatic rings. The minimum absolute atomic E-state index is 0.376. The summed E-state index contributed by atoms with van der Waals surface area (Å²) in [6.45, 7) is 5.80. The van der Waals surface area contributed by atoms with Crippen molar-refractivity contribution < 1.29 is 0 Å². The summed E-state index contributed by atoms with van der Waals surface area (Å²) < 4.78 is 1.65. The minimum atomic E-state index is 0.376. The van der Waals surface area contributed by atoms with Crippen molar-refractivity contribution in [3.05, 3.63) is 20.3 Å². The van der Waals surface area contributed by atoms with Gasteiger partial charge in [0.1, 0.15) is 0 Å². The molecule has 1 saturated heterocycles. The van der Waals surface area contributed by atoms with Gasteiger partial charge in [-0.1, -0.05) is 23.2 Å². The van der Waals surface area contributed by atoms with Gasteiger partial charge in [-0.05, 0) is 57.7 Å². The summed E-state index contributed by atoms with van der Waals surface area (Å²) in [6, 6.07) is 3.18. The Hall–Kier alpha value is 0.200. The molecule has 20 heavy (non-hydrogen) atoms. The Morgan fingerprint density at radius 1 is 1.40 bits per heavy atom. The highest BCUT2D eigenvalue weighted by molar-refractivity contribution is 7.20. The van der Waals surface area contributed by atoms with Crippen LogP contribution >= 0.6 is 34.5 Å². The lowest BCUT2D eigenvalue weighted by Gasteiger charge is -2.34. The quantitative estimate of drug-likeness (QED) is 0.848. The molecule has 1 aliphatic carbocycles. The van der Waals surface area contributed by atoms with Crippen LogP contribution < -0.4 is 5.32 Å². The number of hydrogen-bond donors (Lipinski definition) is 1. The van der Waals surface area contributed by atoms with Gasteiger partial charge in [-0.2, -0.15) is 0 Å². The fraction of sp³-hybridized carbons (Fsp3) is 0.733. The molecule has 2 nitrogen and oxygen atoms in total. The Morgan fingerprint density at radius 3 is 2.75 bits per heavy atom. The van der Waals surface area contributed by atoms with Crippen LogP contribution in [0.2, 0.25) is 8.67 Å². The molecule has 0 amide bonds.